The van der Waals surface area contributed by atoms with Crippen LogP contribution in [0.2, 0.25) is 5.02 Å². The Kier molecular flexibility index (Phi) is 2.50. The first kappa shape index (κ1) is 11.3. The van der Waals surface area contributed by atoms with E-state index in [1.54, 1.807) is 0 Å². The highest BCUT2D eigenvalue weighted by Crippen LogP contribution is 2.72. The molecule has 4 rings (SSSR count). The minimum Gasteiger partial charge on any atom is -0.313 e. The highest BCUT2D eigenvalue weighted by molar-refractivity contribution is 6.30. The fraction of sp³-hybridized carbons (Fsp3) is 0.625. The number of hydrogen-bond donors (Lipinski definition) is 1. The first-order valence-corrected chi connectivity index (χ1v) is 7.60. The Morgan fingerprint density at radius 2 is 1.94 bits per heavy atom. The zero-order valence-electron chi connectivity index (χ0n) is 10.8. The summed E-state index contributed by atoms with van der Waals surface area (Å²) in [4.78, 5) is 0. The first-order chi connectivity index (χ1) is 8.79. The van der Waals surface area contributed by atoms with Gasteiger partial charge in [-0.05, 0) is 73.6 Å². The summed E-state index contributed by atoms with van der Waals surface area (Å²) in [5.41, 5.74) is 1.38. The van der Waals surface area contributed by atoms with Crippen molar-refractivity contribution in [2.24, 2.45) is 29.6 Å². The van der Waals surface area contributed by atoms with E-state index in [2.05, 4.69) is 30.6 Å². The minimum absolute atomic E-state index is 0.516. The molecule has 96 valence electrons. The van der Waals surface area contributed by atoms with Crippen molar-refractivity contribution in [3.63, 3.8) is 0 Å². The Morgan fingerprint density at radius 1 is 1.22 bits per heavy atom. The zero-order valence-corrected chi connectivity index (χ0v) is 11.5. The Labute approximate surface area is 114 Å². The fourth-order valence-corrected chi connectivity index (χ4v) is 5.32. The molecule has 1 nitrogen and oxygen atoms in total. The van der Waals surface area contributed by atoms with Gasteiger partial charge in [0.25, 0.3) is 0 Å². The van der Waals surface area contributed by atoms with E-state index in [1.165, 1.54) is 24.8 Å². The Balaban J connectivity index is 1.60. The second kappa shape index (κ2) is 3.98. The number of benzene rings is 1. The van der Waals surface area contributed by atoms with Crippen LogP contribution < -0.4 is 5.32 Å². The molecule has 0 aromatic heterocycles. The van der Waals surface area contributed by atoms with Gasteiger partial charge in [0.1, 0.15) is 0 Å². The predicted octanol–water partition coefficient (Wildman–Crippen LogP) is 3.89. The number of nitrogens with one attached hydrogen (secondary N) is 1. The molecular weight excluding hydrogens is 242 g/mol. The van der Waals surface area contributed by atoms with Crippen molar-refractivity contribution < 1.29 is 0 Å². The molecule has 2 bridgehead atoms. The molecule has 3 fully saturated rings. The highest BCUT2D eigenvalue weighted by Gasteiger charge is 2.66. The first-order valence-electron chi connectivity index (χ1n) is 7.22. The monoisotopic (exact) mass is 261 g/mol. The van der Waals surface area contributed by atoms with Crippen molar-refractivity contribution in [3.05, 3.63) is 34.9 Å². The molecular formula is C16H20ClN. The lowest BCUT2D eigenvalue weighted by Gasteiger charge is -2.20. The molecule has 1 N–H and O–H groups in total. The molecule has 0 aliphatic heterocycles. The van der Waals surface area contributed by atoms with Crippen LogP contribution in [0.3, 0.4) is 0 Å². The van der Waals surface area contributed by atoms with Crippen LogP contribution in [0.25, 0.3) is 0 Å². The molecule has 18 heavy (non-hydrogen) atoms. The summed E-state index contributed by atoms with van der Waals surface area (Å²) < 4.78 is 0. The summed E-state index contributed by atoms with van der Waals surface area (Å²) in [6.07, 6.45) is 4.51. The molecule has 5 unspecified atom stereocenters. The fourth-order valence-electron chi connectivity index (χ4n) is 5.12. The second-order valence-electron chi connectivity index (χ2n) is 6.39. The lowest BCUT2D eigenvalue weighted by molar-refractivity contribution is 0.385. The third kappa shape index (κ3) is 1.50. The third-order valence-corrected chi connectivity index (χ3v) is 5.93. The van der Waals surface area contributed by atoms with Crippen LogP contribution in [0.4, 0.5) is 0 Å². The van der Waals surface area contributed by atoms with Gasteiger partial charge in [-0.3, -0.25) is 0 Å². The van der Waals surface area contributed by atoms with Crippen LogP contribution in [0.1, 0.15) is 30.9 Å². The van der Waals surface area contributed by atoms with Gasteiger partial charge in [0, 0.05) is 11.1 Å². The zero-order chi connectivity index (χ0) is 12.3. The van der Waals surface area contributed by atoms with Gasteiger partial charge in [0.2, 0.25) is 0 Å². The number of halogens is 1. The van der Waals surface area contributed by atoms with Crippen LogP contribution in [-0.2, 0) is 0 Å². The van der Waals surface area contributed by atoms with Gasteiger partial charge in [-0.1, -0.05) is 23.7 Å². The maximum absolute atomic E-state index is 6.13. The molecule has 3 aliphatic rings. The van der Waals surface area contributed by atoms with E-state index >= 15 is 0 Å². The molecule has 5 atom stereocenters. The average molecular weight is 262 g/mol. The van der Waals surface area contributed by atoms with Gasteiger partial charge >= 0.3 is 0 Å². The number of fused-ring (bicyclic) bond motifs is 5. The average Bonchev–Trinajstić information content (AvgIpc) is 2.80. The van der Waals surface area contributed by atoms with Crippen LogP contribution in [-0.4, -0.2) is 7.05 Å². The van der Waals surface area contributed by atoms with Crippen molar-refractivity contribution in [1.82, 2.24) is 5.32 Å². The molecule has 1 aromatic rings. The summed E-state index contributed by atoms with van der Waals surface area (Å²) in [5, 5.41) is 4.41. The van der Waals surface area contributed by atoms with Crippen LogP contribution in [0.15, 0.2) is 24.3 Å². The van der Waals surface area contributed by atoms with Gasteiger partial charge in [-0.15, -0.1) is 0 Å². The topological polar surface area (TPSA) is 12.0 Å². The van der Waals surface area contributed by atoms with Gasteiger partial charge in [-0.2, -0.15) is 0 Å². The lowest BCUT2D eigenvalue weighted by Crippen LogP contribution is -2.21. The van der Waals surface area contributed by atoms with E-state index in [0.29, 0.717) is 6.04 Å². The maximum Gasteiger partial charge on any atom is 0.0409 e. The molecule has 0 spiro atoms. The number of hydrogen-bond acceptors (Lipinski definition) is 1. The van der Waals surface area contributed by atoms with Crippen molar-refractivity contribution in [2.75, 3.05) is 7.05 Å². The van der Waals surface area contributed by atoms with E-state index in [4.69, 9.17) is 11.6 Å². The molecule has 0 heterocycles. The largest absolute Gasteiger partial charge is 0.313 e. The van der Waals surface area contributed by atoms with Crippen LogP contribution in [0, 0.1) is 29.6 Å². The van der Waals surface area contributed by atoms with E-state index in [-0.39, 0.29) is 0 Å². The number of rotatable bonds is 3. The molecule has 0 radical (unpaired) electrons. The summed E-state index contributed by atoms with van der Waals surface area (Å²) in [6, 6.07) is 8.92. The Bertz CT molecular complexity index is 456. The third-order valence-electron chi connectivity index (χ3n) is 5.70. The van der Waals surface area contributed by atoms with E-state index < -0.39 is 0 Å². The molecule has 0 saturated heterocycles. The van der Waals surface area contributed by atoms with Crippen molar-refractivity contribution in [3.8, 4) is 0 Å². The molecule has 3 saturated carbocycles. The quantitative estimate of drug-likeness (QED) is 0.870. The lowest BCUT2D eigenvalue weighted by atomic mass is 9.93. The Hall–Kier alpha value is -0.530. The predicted molar refractivity (Wildman–Crippen MR) is 74.6 cm³/mol. The summed E-state index contributed by atoms with van der Waals surface area (Å²) in [7, 11) is 2.10. The summed E-state index contributed by atoms with van der Waals surface area (Å²) in [5.74, 6) is 4.99. The van der Waals surface area contributed by atoms with E-state index in [0.717, 1.165) is 34.6 Å². The molecule has 3 aliphatic carbocycles. The van der Waals surface area contributed by atoms with Gasteiger partial charge in [-0.25, -0.2) is 0 Å². The highest BCUT2D eigenvalue weighted by atomic mass is 35.5. The van der Waals surface area contributed by atoms with Crippen LogP contribution >= 0.6 is 11.6 Å². The molecule has 0 amide bonds. The van der Waals surface area contributed by atoms with Gasteiger partial charge in [0.15, 0.2) is 0 Å². The van der Waals surface area contributed by atoms with Gasteiger partial charge in [0.05, 0.1) is 0 Å². The van der Waals surface area contributed by atoms with Crippen LogP contribution in [0.5, 0.6) is 0 Å². The smallest absolute Gasteiger partial charge is 0.0409 e. The summed E-state index contributed by atoms with van der Waals surface area (Å²) in [6.45, 7) is 0. The second-order valence-corrected chi connectivity index (χ2v) is 6.82. The van der Waals surface area contributed by atoms with Crippen molar-refractivity contribution in [2.45, 2.75) is 25.3 Å². The normalized spacial score (nSPS) is 41.8. The SMILES string of the molecule is CNC(c1cccc(Cl)c1)C1C2C3CCC(C3)C21. The van der Waals surface area contributed by atoms with E-state index in [1.807, 2.05) is 6.07 Å². The molecule has 1 aromatic carbocycles. The van der Waals surface area contributed by atoms with Crippen molar-refractivity contribution in [1.29, 1.82) is 0 Å². The van der Waals surface area contributed by atoms with Gasteiger partial charge < -0.3 is 5.32 Å². The standard InChI is InChI=1S/C16H20ClN/c1-18-16(11-3-2-4-12(17)8-11)15-13-9-5-6-10(7-9)14(13)15/h2-4,8-10,13-16,18H,5-7H2,1H3. The van der Waals surface area contributed by atoms with E-state index in [9.17, 15) is 0 Å². The summed E-state index contributed by atoms with van der Waals surface area (Å²) >= 11 is 6.13. The Morgan fingerprint density at radius 3 is 2.56 bits per heavy atom. The molecule has 2 heteroatoms. The van der Waals surface area contributed by atoms with Crippen molar-refractivity contribution >= 4 is 11.6 Å². The maximum atomic E-state index is 6.13. The minimum atomic E-state index is 0.516.